The van der Waals surface area contributed by atoms with Crippen LogP contribution in [0.25, 0.3) is 0 Å². The van der Waals surface area contributed by atoms with Crippen molar-refractivity contribution >= 4 is 13.7 Å². The smallest absolute Gasteiger partial charge is 0.414 e. The molecule has 3 heterocycles. The zero-order chi connectivity index (χ0) is 23.5. The Balaban J connectivity index is 1.51. The molecule has 3 fully saturated rings. The Morgan fingerprint density at radius 1 is 0.903 bits per heavy atom. The van der Waals surface area contributed by atoms with Crippen LogP contribution in [0.1, 0.15) is 55.4 Å². The van der Waals surface area contributed by atoms with Crippen LogP contribution in [0.5, 0.6) is 0 Å². The lowest BCUT2D eigenvalue weighted by molar-refractivity contribution is -0.239. The molecule has 0 radical (unpaired) electrons. The average molecular weight is 461 g/mol. The van der Waals surface area contributed by atoms with Gasteiger partial charge in [0.1, 0.15) is 6.61 Å². The van der Waals surface area contributed by atoms with E-state index in [1.54, 1.807) is 7.11 Å². The van der Waals surface area contributed by atoms with Crippen molar-refractivity contribution in [1.29, 1.82) is 0 Å². The number of carbonyl (C=O) groups is 1. The van der Waals surface area contributed by atoms with Gasteiger partial charge in [-0.1, -0.05) is 27.7 Å². The third-order valence-electron chi connectivity index (χ3n) is 6.60. The average Bonchev–Trinajstić information content (AvgIpc) is 3.46. The highest BCUT2D eigenvalue weighted by molar-refractivity contribution is 7.58. The topological polar surface area (TPSA) is 83.1 Å². The summed E-state index contributed by atoms with van der Waals surface area (Å²) in [5, 5.41) is 4.64. The van der Waals surface area contributed by atoms with E-state index in [9.17, 15) is 9.36 Å². The first kappa shape index (κ1) is 24.9. The molecule has 0 spiro atoms. The maximum atomic E-state index is 13.7. The van der Waals surface area contributed by atoms with Crippen molar-refractivity contribution in [3.05, 3.63) is 0 Å². The summed E-state index contributed by atoms with van der Waals surface area (Å²) in [7, 11) is -1.49. The normalized spacial score (nSPS) is 32.7. The van der Waals surface area contributed by atoms with E-state index in [0.29, 0.717) is 13.1 Å². The molecule has 0 aromatic heterocycles. The summed E-state index contributed by atoms with van der Waals surface area (Å²) in [5.74, 6) is 0. The molecule has 9 nitrogen and oxygen atoms in total. The maximum Gasteiger partial charge on any atom is 0.414 e. The van der Waals surface area contributed by atoms with E-state index in [1.165, 1.54) is 0 Å². The van der Waals surface area contributed by atoms with E-state index in [0.717, 1.165) is 13.1 Å². The lowest BCUT2D eigenvalue weighted by atomic mass is 9.68. The number of nitrogens with zero attached hydrogens (tertiary/aromatic N) is 3. The van der Waals surface area contributed by atoms with Gasteiger partial charge in [0.25, 0.3) is 0 Å². The molecule has 3 saturated heterocycles. The van der Waals surface area contributed by atoms with Crippen molar-refractivity contribution < 1.29 is 23.7 Å². The van der Waals surface area contributed by atoms with Gasteiger partial charge in [-0.05, 0) is 27.7 Å². The fourth-order valence-corrected chi connectivity index (χ4v) is 8.41. The first-order valence-electron chi connectivity index (χ1n) is 11.1. The first-order valence-corrected chi connectivity index (χ1v) is 12.7. The molecular weight excluding hydrogens is 419 g/mol. The Morgan fingerprint density at radius 3 is 1.74 bits per heavy atom. The SMILES string of the molecule is CON1CC(C)(C)C(OCCOC(=O)NP(=O)(N2CC2(C)C)N2CC2(C)C)C(C)(C)C1. The van der Waals surface area contributed by atoms with E-state index in [-0.39, 0.29) is 41.2 Å². The van der Waals surface area contributed by atoms with Crippen molar-refractivity contribution in [3.63, 3.8) is 0 Å². The molecule has 10 heteroatoms. The van der Waals surface area contributed by atoms with Gasteiger partial charge in [0.2, 0.25) is 0 Å². The third-order valence-corrected chi connectivity index (χ3v) is 9.75. The van der Waals surface area contributed by atoms with Crippen LogP contribution in [0.4, 0.5) is 4.79 Å². The van der Waals surface area contributed by atoms with Crippen molar-refractivity contribution in [2.45, 2.75) is 72.6 Å². The number of hydroxylamine groups is 2. The van der Waals surface area contributed by atoms with E-state index in [1.807, 2.05) is 42.1 Å². The predicted molar refractivity (Wildman–Crippen MR) is 120 cm³/mol. The minimum Gasteiger partial charge on any atom is -0.447 e. The molecule has 1 N–H and O–H groups in total. The van der Waals surface area contributed by atoms with Gasteiger partial charge < -0.3 is 14.3 Å². The molecule has 0 aliphatic carbocycles. The number of rotatable bonds is 8. The van der Waals surface area contributed by atoms with Crippen LogP contribution in [0.2, 0.25) is 0 Å². The Kier molecular flexibility index (Phi) is 6.40. The Morgan fingerprint density at radius 2 is 1.35 bits per heavy atom. The zero-order valence-electron chi connectivity index (χ0n) is 20.7. The monoisotopic (exact) mass is 460 g/mol. The van der Waals surface area contributed by atoms with Crippen molar-refractivity contribution in [2.75, 3.05) is 46.5 Å². The van der Waals surface area contributed by atoms with Crippen LogP contribution < -0.4 is 5.09 Å². The Bertz CT molecular complexity index is 710. The molecule has 0 aromatic carbocycles. The molecule has 1 amide bonds. The number of carbonyl (C=O) groups excluding carboxylic acids is 1. The van der Waals surface area contributed by atoms with Crippen LogP contribution in [0, 0.1) is 10.8 Å². The van der Waals surface area contributed by atoms with E-state index < -0.39 is 13.7 Å². The summed E-state index contributed by atoms with van der Waals surface area (Å²) in [5.41, 5.74) is -0.603. The summed E-state index contributed by atoms with van der Waals surface area (Å²) in [6.45, 7) is 20.0. The third kappa shape index (κ3) is 5.12. The fraction of sp³-hybridized carbons (Fsp3) is 0.952. The molecule has 3 aliphatic rings. The summed E-state index contributed by atoms with van der Waals surface area (Å²) in [4.78, 5) is 18.0. The van der Waals surface area contributed by atoms with Gasteiger partial charge in [-0.2, -0.15) is 5.06 Å². The van der Waals surface area contributed by atoms with E-state index >= 15 is 0 Å². The Hall–Kier alpha value is -0.700. The number of ether oxygens (including phenoxy) is 2. The van der Waals surface area contributed by atoms with Gasteiger partial charge in [-0.3, -0.25) is 4.57 Å². The predicted octanol–water partition coefficient (Wildman–Crippen LogP) is 3.32. The van der Waals surface area contributed by atoms with Gasteiger partial charge in [0, 0.05) is 48.1 Å². The largest absolute Gasteiger partial charge is 0.447 e. The Labute approximate surface area is 187 Å². The number of piperidine rings is 1. The molecule has 0 aromatic rings. The van der Waals surface area contributed by atoms with Gasteiger partial charge in [-0.15, -0.1) is 0 Å². The molecule has 3 rings (SSSR count). The molecule has 0 bridgehead atoms. The molecule has 2 atom stereocenters. The number of hydrogen-bond donors (Lipinski definition) is 1. The quantitative estimate of drug-likeness (QED) is 0.336. The van der Waals surface area contributed by atoms with Crippen LogP contribution in [0.3, 0.4) is 0 Å². The minimum absolute atomic E-state index is 0.0130. The van der Waals surface area contributed by atoms with Gasteiger partial charge in [-0.25, -0.2) is 19.2 Å². The fourth-order valence-electron chi connectivity index (χ4n) is 5.06. The highest BCUT2D eigenvalue weighted by Gasteiger charge is 2.65. The minimum atomic E-state index is -3.19. The maximum absolute atomic E-state index is 13.7. The first-order chi connectivity index (χ1) is 14.1. The molecule has 2 unspecified atom stereocenters. The molecular formula is C21H41N4O5P. The van der Waals surface area contributed by atoms with Crippen LogP contribution in [-0.4, -0.2) is 84.2 Å². The van der Waals surface area contributed by atoms with Crippen molar-refractivity contribution in [3.8, 4) is 0 Å². The summed E-state index contributed by atoms with van der Waals surface area (Å²) < 4.78 is 29.0. The number of hydrogen-bond acceptors (Lipinski definition) is 6. The van der Waals surface area contributed by atoms with Crippen molar-refractivity contribution in [1.82, 2.24) is 19.5 Å². The van der Waals surface area contributed by atoms with Crippen molar-refractivity contribution in [2.24, 2.45) is 10.8 Å². The number of nitrogens with one attached hydrogen (secondary N) is 1. The lowest BCUT2D eigenvalue weighted by Gasteiger charge is -2.51. The summed E-state index contributed by atoms with van der Waals surface area (Å²) in [6, 6.07) is 0. The van der Waals surface area contributed by atoms with E-state index in [2.05, 4.69) is 32.8 Å². The number of amides is 1. The van der Waals surface area contributed by atoms with Crippen LogP contribution in [-0.2, 0) is 18.9 Å². The standard InChI is InChI=1S/C21H41N4O5P/c1-18(2)12-23(28-9)13-19(3,4)16(18)29-10-11-30-17(26)22-31(27,24-14-20(24,5)6)25-15-21(25,7)8/h16H,10-15H2,1-9H3,(H,22,26,27). The molecule has 0 saturated carbocycles. The summed E-state index contributed by atoms with van der Waals surface area (Å²) >= 11 is 0. The van der Waals surface area contributed by atoms with Crippen LogP contribution >= 0.6 is 7.59 Å². The van der Waals surface area contributed by atoms with Crippen LogP contribution in [0.15, 0.2) is 0 Å². The molecule has 180 valence electrons. The van der Waals surface area contributed by atoms with E-state index in [4.69, 9.17) is 14.3 Å². The highest BCUT2D eigenvalue weighted by atomic mass is 31.2. The van der Waals surface area contributed by atoms with Gasteiger partial charge >= 0.3 is 13.7 Å². The second-order valence-corrected chi connectivity index (χ2v) is 14.0. The van der Waals surface area contributed by atoms with Gasteiger partial charge in [0.15, 0.2) is 0 Å². The molecule has 3 aliphatic heterocycles. The molecule has 31 heavy (non-hydrogen) atoms. The summed E-state index contributed by atoms with van der Waals surface area (Å²) in [6.07, 6.45) is -0.675. The second kappa shape index (κ2) is 7.96. The zero-order valence-corrected chi connectivity index (χ0v) is 21.5. The van der Waals surface area contributed by atoms with Gasteiger partial charge in [0.05, 0.1) is 19.8 Å². The second-order valence-electron chi connectivity index (χ2n) is 11.7. The lowest BCUT2D eigenvalue weighted by Crippen LogP contribution is -2.59. The highest BCUT2D eigenvalue weighted by Crippen LogP contribution is 2.67.